The van der Waals surface area contributed by atoms with Gasteiger partial charge in [-0.2, -0.15) is 5.26 Å². The molecule has 1 aliphatic heterocycles. The Labute approximate surface area is 153 Å². The highest BCUT2D eigenvalue weighted by atomic mass is 15.2. The standard InChI is InChI=1S/C21H23N5/c1-16-7-5-12-23-21(16)19-9-6-13-25(19)15-17-18(8-4-11-22)26-14-3-2-10-20(26)24-17/h2-3,5,7,10,12,14,19H,4,6,8-9,13,15H2,1H3. The molecule has 132 valence electrons. The van der Waals surface area contributed by atoms with Gasteiger partial charge in [0.25, 0.3) is 0 Å². The molecule has 0 aliphatic carbocycles. The predicted octanol–water partition coefficient (Wildman–Crippen LogP) is 3.83. The summed E-state index contributed by atoms with van der Waals surface area (Å²) in [5.74, 6) is 0. The molecular formula is C21H23N5. The number of nitrogens with zero attached hydrogens (tertiary/aromatic N) is 5. The van der Waals surface area contributed by atoms with Gasteiger partial charge in [-0.3, -0.25) is 9.88 Å². The van der Waals surface area contributed by atoms with Crippen LogP contribution in [0.3, 0.4) is 0 Å². The van der Waals surface area contributed by atoms with Crippen molar-refractivity contribution in [2.75, 3.05) is 6.54 Å². The number of aryl methyl sites for hydroxylation is 2. The highest BCUT2D eigenvalue weighted by molar-refractivity contribution is 5.43. The van der Waals surface area contributed by atoms with Gasteiger partial charge in [-0.05, 0) is 50.1 Å². The molecule has 0 N–H and O–H groups in total. The Balaban J connectivity index is 1.66. The maximum absolute atomic E-state index is 9.04. The number of likely N-dealkylation sites (tertiary alicyclic amines) is 1. The molecule has 0 spiro atoms. The molecule has 1 saturated heterocycles. The first-order chi connectivity index (χ1) is 12.8. The van der Waals surface area contributed by atoms with Crippen molar-refractivity contribution in [1.82, 2.24) is 19.3 Å². The van der Waals surface area contributed by atoms with E-state index < -0.39 is 0 Å². The number of rotatable bonds is 5. The third-order valence-corrected chi connectivity index (χ3v) is 5.27. The molecular weight excluding hydrogens is 322 g/mol. The molecule has 5 heteroatoms. The van der Waals surface area contributed by atoms with Gasteiger partial charge in [-0.1, -0.05) is 12.1 Å². The van der Waals surface area contributed by atoms with E-state index in [0.29, 0.717) is 12.5 Å². The molecule has 0 bridgehead atoms. The quantitative estimate of drug-likeness (QED) is 0.705. The lowest BCUT2D eigenvalue weighted by atomic mass is 10.1. The largest absolute Gasteiger partial charge is 0.304 e. The van der Waals surface area contributed by atoms with Gasteiger partial charge >= 0.3 is 0 Å². The first-order valence-electron chi connectivity index (χ1n) is 9.25. The lowest BCUT2D eigenvalue weighted by molar-refractivity contribution is 0.240. The smallest absolute Gasteiger partial charge is 0.137 e. The summed E-state index contributed by atoms with van der Waals surface area (Å²) in [7, 11) is 0. The van der Waals surface area contributed by atoms with Crippen molar-refractivity contribution in [3.8, 4) is 6.07 Å². The first kappa shape index (κ1) is 16.7. The Bertz CT molecular complexity index is 952. The summed E-state index contributed by atoms with van der Waals surface area (Å²) in [6.45, 7) is 4.01. The number of hydrogen-bond acceptors (Lipinski definition) is 4. The zero-order valence-electron chi connectivity index (χ0n) is 15.1. The lowest BCUT2D eigenvalue weighted by Gasteiger charge is -2.24. The first-order valence-corrected chi connectivity index (χ1v) is 9.25. The van der Waals surface area contributed by atoms with Gasteiger partial charge in [0.05, 0.1) is 23.5 Å². The number of imidazole rings is 1. The predicted molar refractivity (Wildman–Crippen MR) is 100 cm³/mol. The van der Waals surface area contributed by atoms with Crippen LogP contribution in [0.25, 0.3) is 5.65 Å². The minimum atomic E-state index is 0.352. The van der Waals surface area contributed by atoms with E-state index in [1.165, 1.54) is 17.7 Å². The van der Waals surface area contributed by atoms with E-state index in [4.69, 9.17) is 10.2 Å². The highest BCUT2D eigenvalue weighted by Crippen LogP contribution is 2.34. The SMILES string of the molecule is Cc1cccnc1C1CCCN1Cc1nc2ccccn2c1CCC#N. The van der Waals surface area contributed by atoms with Crippen LogP contribution in [0, 0.1) is 18.3 Å². The summed E-state index contributed by atoms with van der Waals surface area (Å²) in [5, 5.41) is 9.04. The highest BCUT2D eigenvalue weighted by Gasteiger charge is 2.29. The van der Waals surface area contributed by atoms with E-state index in [0.717, 1.165) is 43.0 Å². The van der Waals surface area contributed by atoms with E-state index in [9.17, 15) is 0 Å². The lowest BCUT2D eigenvalue weighted by Crippen LogP contribution is -2.25. The molecule has 5 nitrogen and oxygen atoms in total. The van der Waals surface area contributed by atoms with Crippen LogP contribution in [-0.2, 0) is 13.0 Å². The molecule has 0 saturated carbocycles. The Morgan fingerprint density at radius 2 is 2.19 bits per heavy atom. The van der Waals surface area contributed by atoms with E-state index in [1.807, 2.05) is 36.7 Å². The molecule has 0 radical (unpaired) electrons. The minimum absolute atomic E-state index is 0.352. The normalized spacial score (nSPS) is 17.6. The van der Waals surface area contributed by atoms with Crippen LogP contribution in [0.15, 0.2) is 42.7 Å². The van der Waals surface area contributed by atoms with Gasteiger partial charge in [0.2, 0.25) is 0 Å². The zero-order chi connectivity index (χ0) is 17.9. The van der Waals surface area contributed by atoms with Crippen molar-refractivity contribution in [2.24, 2.45) is 0 Å². The van der Waals surface area contributed by atoms with E-state index in [1.54, 1.807) is 0 Å². The summed E-state index contributed by atoms with van der Waals surface area (Å²) in [5.41, 5.74) is 5.65. The number of hydrogen-bond donors (Lipinski definition) is 0. The Kier molecular flexibility index (Phi) is 4.68. The molecule has 1 aliphatic rings. The van der Waals surface area contributed by atoms with Crippen molar-refractivity contribution in [3.63, 3.8) is 0 Å². The Morgan fingerprint density at radius 3 is 3.04 bits per heavy atom. The van der Waals surface area contributed by atoms with Crippen molar-refractivity contribution in [2.45, 2.75) is 45.2 Å². The second kappa shape index (κ2) is 7.27. The van der Waals surface area contributed by atoms with Crippen molar-refractivity contribution in [3.05, 3.63) is 65.4 Å². The average Bonchev–Trinajstić information content (AvgIpc) is 3.25. The van der Waals surface area contributed by atoms with E-state index >= 15 is 0 Å². The molecule has 4 rings (SSSR count). The Morgan fingerprint density at radius 1 is 1.27 bits per heavy atom. The van der Waals surface area contributed by atoms with Crippen LogP contribution in [0.1, 0.15) is 47.9 Å². The van der Waals surface area contributed by atoms with E-state index in [-0.39, 0.29) is 0 Å². The van der Waals surface area contributed by atoms with Crippen molar-refractivity contribution < 1.29 is 0 Å². The zero-order valence-corrected chi connectivity index (χ0v) is 15.1. The summed E-state index contributed by atoms with van der Waals surface area (Å²) >= 11 is 0. The van der Waals surface area contributed by atoms with Gasteiger partial charge < -0.3 is 4.40 Å². The van der Waals surface area contributed by atoms with Crippen LogP contribution in [0.5, 0.6) is 0 Å². The minimum Gasteiger partial charge on any atom is -0.304 e. The van der Waals surface area contributed by atoms with Crippen LogP contribution in [-0.4, -0.2) is 25.8 Å². The second-order valence-electron chi connectivity index (χ2n) is 6.93. The van der Waals surface area contributed by atoms with Crippen LogP contribution < -0.4 is 0 Å². The van der Waals surface area contributed by atoms with Gasteiger partial charge in [-0.15, -0.1) is 0 Å². The number of pyridine rings is 2. The summed E-state index contributed by atoms with van der Waals surface area (Å²) in [4.78, 5) is 12.0. The maximum atomic E-state index is 9.04. The number of nitriles is 1. The summed E-state index contributed by atoms with van der Waals surface area (Å²) in [6, 6.07) is 12.8. The van der Waals surface area contributed by atoms with Gasteiger partial charge in [-0.25, -0.2) is 4.98 Å². The molecule has 3 aromatic heterocycles. The fourth-order valence-electron chi connectivity index (χ4n) is 4.03. The monoisotopic (exact) mass is 345 g/mol. The fraction of sp³-hybridized carbons (Fsp3) is 0.381. The molecule has 3 aromatic rings. The topological polar surface area (TPSA) is 57.2 Å². The molecule has 26 heavy (non-hydrogen) atoms. The van der Waals surface area contributed by atoms with E-state index in [2.05, 4.69) is 33.3 Å². The third kappa shape index (κ3) is 3.09. The van der Waals surface area contributed by atoms with Gasteiger partial charge in [0.1, 0.15) is 5.65 Å². The maximum Gasteiger partial charge on any atom is 0.137 e. The molecule has 4 heterocycles. The van der Waals surface area contributed by atoms with Gasteiger partial charge in [0.15, 0.2) is 0 Å². The van der Waals surface area contributed by atoms with Gasteiger partial charge in [0, 0.05) is 37.5 Å². The fourth-order valence-corrected chi connectivity index (χ4v) is 4.03. The van der Waals surface area contributed by atoms with Crippen molar-refractivity contribution in [1.29, 1.82) is 5.26 Å². The Hall–Kier alpha value is -2.71. The molecule has 1 atom stereocenters. The van der Waals surface area contributed by atoms with Crippen molar-refractivity contribution >= 4 is 5.65 Å². The summed E-state index contributed by atoms with van der Waals surface area (Å²) < 4.78 is 2.13. The third-order valence-electron chi connectivity index (χ3n) is 5.27. The van der Waals surface area contributed by atoms with Crippen LogP contribution >= 0.6 is 0 Å². The van der Waals surface area contributed by atoms with Crippen LogP contribution in [0.2, 0.25) is 0 Å². The number of fused-ring (bicyclic) bond motifs is 1. The summed E-state index contributed by atoms with van der Waals surface area (Å²) in [6.07, 6.45) is 7.50. The number of aromatic nitrogens is 3. The average molecular weight is 345 g/mol. The molecule has 0 amide bonds. The second-order valence-corrected chi connectivity index (χ2v) is 6.93. The molecule has 1 unspecified atom stereocenters. The molecule has 0 aromatic carbocycles. The van der Waals surface area contributed by atoms with Crippen LogP contribution in [0.4, 0.5) is 0 Å². The molecule has 1 fully saturated rings.